The third kappa shape index (κ3) is 5.07. The number of carbonyl (C=O) groups is 1. The molecule has 0 amide bonds. The fourth-order valence-corrected chi connectivity index (χ4v) is 5.00. The van der Waals surface area contributed by atoms with Crippen LogP contribution in [0.1, 0.15) is 59.4 Å². The molecule has 1 aliphatic heterocycles. The highest BCUT2D eigenvalue weighted by atomic mass is 16.7. The Morgan fingerprint density at radius 3 is 2.18 bits per heavy atom. The molecule has 0 saturated carbocycles. The third-order valence-electron chi connectivity index (χ3n) is 6.60. The molecule has 1 fully saturated rings. The lowest BCUT2D eigenvalue weighted by molar-refractivity contribution is 0.0490. The molecule has 0 aromatic heterocycles. The zero-order valence-electron chi connectivity index (χ0n) is 19.8. The van der Waals surface area contributed by atoms with Crippen molar-refractivity contribution in [1.29, 1.82) is 0 Å². The van der Waals surface area contributed by atoms with Crippen molar-refractivity contribution in [2.24, 2.45) is 17.0 Å². The van der Waals surface area contributed by atoms with E-state index in [1.165, 1.54) is 11.1 Å². The Labute approximate surface area is 196 Å². The summed E-state index contributed by atoms with van der Waals surface area (Å²) in [7, 11) is 2.19. The standard InChI is InChI=1S/C29H32N2O2/c1-20(2)27-25(30-33-29(32)24-17-11-12-21(3)18-24)19-26(22-13-7-5-8-14-22)31(4)28(27)23-15-9-6-10-16-23/h5-18,20,26-28H,19H2,1-4H3/b30-25+/t26-,27+,28-/m1/s1. The number of carbonyl (C=O) groups excluding carboxylic acids is 1. The van der Waals surface area contributed by atoms with Gasteiger partial charge in [-0.3, -0.25) is 4.90 Å². The maximum absolute atomic E-state index is 12.7. The molecule has 3 aromatic carbocycles. The Balaban J connectivity index is 1.72. The summed E-state index contributed by atoms with van der Waals surface area (Å²) in [5, 5.41) is 4.52. The summed E-state index contributed by atoms with van der Waals surface area (Å²) >= 11 is 0. The van der Waals surface area contributed by atoms with Crippen LogP contribution in [-0.2, 0) is 4.84 Å². The van der Waals surface area contributed by atoms with Crippen LogP contribution in [0.4, 0.5) is 0 Å². The van der Waals surface area contributed by atoms with Gasteiger partial charge in [0.15, 0.2) is 0 Å². The summed E-state index contributed by atoms with van der Waals surface area (Å²) in [5.41, 5.74) is 4.96. The monoisotopic (exact) mass is 440 g/mol. The van der Waals surface area contributed by atoms with E-state index in [0.717, 1.165) is 11.3 Å². The smallest absolute Gasteiger partial charge is 0.313 e. The molecule has 1 saturated heterocycles. The second kappa shape index (κ2) is 10.1. The van der Waals surface area contributed by atoms with Crippen LogP contribution < -0.4 is 0 Å². The summed E-state index contributed by atoms with van der Waals surface area (Å²) in [5.74, 6) is 0.0358. The molecule has 1 aliphatic rings. The quantitative estimate of drug-likeness (QED) is 0.332. The van der Waals surface area contributed by atoms with Gasteiger partial charge in [0.1, 0.15) is 0 Å². The van der Waals surface area contributed by atoms with Gasteiger partial charge in [-0.15, -0.1) is 0 Å². The lowest BCUT2D eigenvalue weighted by atomic mass is 9.74. The summed E-state index contributed by atoms with van der Waals surface area (Å²) in [6.45, 7) is 6.40. The van der Waals surface area contributed by atoms with Crippen molar-refractivity contribution in [1.82, 2.24) is 4.90 Å². The highest BCUT2D eigenvalue weighted by molar-refractivity contribution is 5.92. The highest BCUT2D eigenvalue weighted by Gasteiger charge is 2.42. The topological polar surface area (TPSA) is 41.9 Å². The molecule has 0 bridgehead atoms. The fourth-order valence-electron chi connectivity index (χ4n) is 5.00. The molecule has 4 rings (SSSR count). The van der Waals surface area contributed by atoms with Gasteiger partial charge in [-0.2, -0.15) is 0 Å². The average Bonchev–Trinajstić information content (AvgIpc) is 2.83. The molecule has 3 aromatic rings. The average molecular weight is 441 g/mol. The van der Waals surface area contributed by atoms with Gasteiger partial charge >= 0.3 is 5.97 Å². The second-order valence-electron chi connectivity index (χ2n) is 9.25. The van der Waals surface area contributed by atoms with Gasteiger partial charge in [0.05, 0.1) is 11.3 Å². The van der Waals surface area contributed by atoms with Gasteiger partial charge in [-0.05, 0) is 43.1 Å². The van der Waals surface area contributed by atoms with Crippen molar-refractivity contribution < 1.29 is 9.63 Å². The van der Waals surface area contributed by atoms with Crippen molar-refractivity contribution in [3.63, 3.8) is 0 Å². The molecule has 4 nitrogen and oxygen atoms in total. The molecule has 33 heavy (non-hydrogen) atoms. The van der Waals surface area contributed by atoms with Crippen LogP contribution in [0, 0.1) is 18.8 Å². The molecular formula is C29H32N2O2. The number of piperidine rings is 1. The van der Waals surface area contributed by atoms with Gasteiger partial charge in [-0.25, -0.2) is 4.79 Å². The zero-order chi connectivity index (χ0) is 23.4. The number of likely N-dealkylation sites (tertiary alicyclic amines) is 1. The molecule has 3 atom stereocenters. The Kier molecular flexibility index (Phi) is 7.05. The Morgan fingerprint density at radius 2 is 1.58 bits per heavy atom. The minimum atomic E-state index is -0.417. The molecule has 4 heteroatoms. The minimum absolute atomic E-state index is 0.126. The number of rotatable bonds is 5. The van der Waals surface area contributed by atoms with Crippen molar-refractivity contribution in [3.05, 3.63) is 107 Å². The molecular weight excluding hydrogens is 408 g/mol. The SMILES string of the molecule is Cc1cccc(C(=O)O/N=C2\C[C@H](c3ccccc3)N(C)[C@H](c3ccccc3)[C@H]2C(C)C)c1. The van der Waals surface area contributed by atoms with Crippen molar-refractivity contribution in [2.45, 2.75) is 39.3 Å². The predicted octanol–water partition coefficient (Wildman–Crippen LogP) is 6.60. The van der Waals surface area contributed by atoms with Gasteiger partial charge < -0.3 is 4.84 Å². The molecule has 0 spiro atoms. The van der Waals surface area contributed by atoms with Crippen LogP contribution in [0.25, 0.3) is 0 Å². The van der Waals surface area contributed by atoms with Crippen LogP contribution in [0.5, 0.6) is 0 Å². The van der Waals surface area contributed by atoms with E-state index < -0.39 is 5.97 Å². The van der Waals surface area contributed by atoms with E-state index in [2.05, 4.69) is 79.5 Å². The van der Waals surface area contributed by atoms with E-state index in [4.69, 9.17) is 4.84 Å². The Hall–Kier alpha value is -3.24. The van der Waals surface area contributed by atoms with E-state index in [1.54, 1.807) is 6.07 Å². The Morgan fingerprint density at radius 1 is 0.939 bits per heavy atom. The number of hydrogen-bond donors (Lipinski definition) is 0. The first-order valence-corrected chi connectivity index (χ1v) is 11.6. The maximum atomic E-state index is 12.7. The van der Waals surface area contributed by atoms with Crippen LogP contribution in [0.3, 0.4) is 0 Å². The van der Waals surface area contributed by atoms with Crippen molar-refractivity contribution >= 4 is 11.7 Å². The number of hydrogen-bond acceptors (Lipinski definition) is 4. The molecule has 0 radical (unpaired) electrons. The van der Waals surface area contributed by atoms with E-state index in [0.29, 0.717) is 17.9 Å². The number of oxime groups is 1. The first kappa shape index (κ1) is 22.9. The summed E-state index contributed by atoms with van der Waals surface area (Å²) < 4.78 is 0. The second-order valence-corrected chi connectivity index (χ2v) is 9.25. The predicted molar refractivity (Wildman–Crippen MR) is 133 cm³/mol. The summed E-state index contributed by atoms with van der Waals surface area (Å²) in [6.07, 6.45) is 0.716. The normalized spacial score (nSPS) is 22.5. The third-order valence-corrected chi connectivity index (χ3v) is 6.60. The molecule has 170 valence electrons. The van der Waals surface area contributed by atoms with Crippen LogP contribution in [0.2, 0.25) is 0 Å². The van der Waals surface area contributed by atoms with Gasteiger partial charge in [0.2, 0.25) is 0 Å². The van der Waals surface area contributed by atoms with Gasteiger partial charge in [-0.1, -0.05) is 97.4 Å². The molecule has 0 unspecified atom stereocenters. The maximum Gasteiger partial charge on any atom is 0.365 e. The largest absolute Gasteiger partial charge is 0.365 e. The van der Waals surface area contributed by atoms with Crippen LogP contribution in [0.15, 0.2) is 90.1 Å². The zero-order valence-corrected chi connectivity index (χ0v) is 19.8. The number of nitrogens with zero attached hydrogens (tertiary/aromatic N) is 2. The van der Waals surface area contributed by atoms with Crippen LogP contribution >= 0.6 is 0 Å². The van der Waals surface area contributed by atoms with Crippen molar-refractivity contribution in [2.75, 3.05) is 7.05 Å². The fraction of sp³-hybridized carbons (Fsp3) is 0.310. The number of benzene rings is 3. The van der Waals surface area contributed by atoms with Crippen molar-refractivity contribution in [3.8, 4) is 0 Å². The molecule has 0 N–H and O–H groups in total. The van der Waals surface area contributed by atoms with Gasteiger partial charge in [0, 0.05) is 24.4 Å². The lowest BCUT2D eigenvalue weighted by Crippen LogP contribution is -2.45. The first-order chi connectivity index (χ1) is 16.0. The first-order valence-electron chi connectivity index (χ1n) is 11.6. The van der Waals surface area contributed by atoms with E-state index in [-0.39, 0.29) is 18.0 Å². The van der Waals surface area contributed by atoms with Crippen LogP contribution in [-0.4, -0.2) is 23.6 Å². The Bertz CT molecular complexity index is 1110. The highest BCUT2D eigenvalue weighted by Crippen LogP contribution is 2.45. The summed E-state index contributed by atoms with van der Waals surface area (Å²) in [6, 6.07) is 28.8. The van der Waals surface area contributed by atoms with E-state index in [9.17, 15) is 4.79 Å². The minimum Gasteiger partial charge on any atom is -0.313 e. The van der Waals surface area contributed by atoms with Gasteiger partial charge in [0.25, 0.3) is 0 Å². The molecule has 1 heterocycles. The summed E-state index contributed by atoms with van der Waals surface area (Å²) in [4.78, 5) is 20.7. The number of aryl methyl sites for hydroxylation is 1. The van der Waals surface area contributed by atoms with E-state index in [1.807, 2.05) is 37.3 Å². The molecule has 0 aliphatic carbocycles. The van der Waals surface area contributed by atoms with E-state index >= 15 is 0 Å². The lowest BCUT2D eigenvalue weighted by Gasteiger charge is -2.46.